The highest BCUT2D eigenvalue weighted by Gasteiger charge is 2.21. The van der Waals surface area contributed by atoms with Crippen LogP contribution < -0.4 is 0 Å². The van der Waals surface area contributed by atoms with Crippen molar-refractivity contribution >= 4 is 23.2 Å². The van der Waals surface area contributed by atoms with Crippen molar-refractivity contribution < 1.29 is 0 Å². The van der Waals surface area contributed by atoms with E-state index < -0.39 is 0 Å². The maximum Gasteiger partial charge on any atom is 0.137 e. The van der Waals surface area contributed by atoms with Crippen LogP contribution in [0.3, 0.4) is 0 Å². The third-order valence-corrected chi connectivity index (χ3v) is 4.45. The topological polar surface area (TPSA) is 43.6 Å². The summed E-state index contributed by atoms with van der Waals surface area (Å²) >= 11 is 12.5. The molecule has 0 spiro atoms. The number of nitrogens with zero attached hydrogens (tertiary/aromatic N) is 4. The summed E-state index contributed by atoms with van der Waals surface area (Å²) in [6.07, 6.45) is 5.19. The Morgan fingerprint density at radius 3 is 2.73 bits per heavy atom. The van der Waals surface area contributed by atoms with Gasteiger partial charge in [-0.05, 0) is 37.1 Å². The second kappa shape index (κ2) is 5.07. The molecule has 0 aliphatic carbocycles. The minimum Gasteiger partial charge on any atom is -0.283 e. The fourth-order valence-corrected chi connectivity index (χ4v) is 3.37. The van der Waals surface area contributed by atoms with Crippen molar-refractivity contribution in [3.63, 3.8) is 0 Å². The molecular formula is C16H12Cl2N4. The van der Waals surface area contributed by atoms with Crippen molar-refractivity contribution in [3.05, 3.63) is 57.9 Å². The summed E-state index contributed by atoms with van der Waals surface area (Å²) in [7, 11) is 0. The Morgan fingerprint density at radius 1 is 1.05 bits per heavy atom. The van der Waals surface area contributed by atoms with E-state index in [1.165, 1.54) is 5.56 Å². The molecule has 1 aliphatic rings. The van der Waals surface area contributed by atoms with Crippen molar-refractivity contribution in [2.75, 3.05) is 0 Å². The standard InChI is InChI=1S/C16H12Cl2N4/c1-9-20-21-16-3-2-10-5-13(11-4-12(17)8-19-7-11)14(18)6-15(10)22(9)16/h4-8H,2-3H2,1H3. The van der Waals surface area contributed by atoms with Gasteiger partial charge >= 0.3 is 0 Å². The number of benzene rings is 1. The number of aromatic nitrogens is 4. The Morgan fingerprint density at radius 2 is 1.91 bits per heavy atom. The minimum atomic E-state index is 0.600. The second-order valence-electron chi connectivity index (χ2n) is 5.35. The van der Waals surface area contributed by atoms with Crippen LogP contribution in [-0.4, -0.2) is 19.7 Å². The number of rotatable bonds is 1. The number of hydrogen-bond donors (Lipinski definition) is 0. The molecule has 3 aromatic rings. The molecule has 0 saturated heterocycles. The Bertz CT molecular complexity index is 886. The number of fused-ring (bicyclic) bond motifs is 3. The van der Waals surface area contributed by atoms with Crippen LogP contribution in [-0.2, 0) is 12.8 Å². The van der Waals surface area contributed by atoms with Gasteiger partial charge in [-0.1, -0.05) is 23.2 Å². The normalized spacial score (nSPS) is 12.9. The van der Waals surface area contributed by atoms with Gasteiger partial charge in [0.2, 0.25) is 0 Å². The number of aryl methyl sites for hydroxylation is 3. The van der Waals surface area contributed by atoms with E-state index in [0.717, 1.165) is 41.3 Å². The van der Waals surface area contributed by atoms with Crippen molar-refractivity contribution in [1.29, 1.82) is 0 Å². The zero-order valence-electron chi connectivity index (χ0n) is 11.8. The lowest BCUT2D eigenvalue weighted by atomic mass is 9.97. The highest BCUT2D eigenvalue weighted by Crippen LogP contribution is 2.35. The van der Waals surface area contributed by atoms with Gasteiger partial charge in [-0.2, -0.15) is 0 Å². The molecule has 1 aliphatic heterocycles. The van der Waals surface area contributed by atoms with Gasteiger partial charge in [-0.25, -0.2) is 0 Å². The summed E-state index contributed by atoms with van der Waals surface area (Å²) < 4.78 is 2.07. The van der Waals surface area contributed by atoms with Crippen molar-refractivity contribution in [2.45, 2.75) is 19.8 Å². The molecule has 4 rings (SSSR count). The largest absolute Gasteiger partial charge is 0.283 e. The lowest BCUT2D eigenvalue weighted by Crippen LogP contribution is -2.13. The average Bonchev–Trinajstić information content (AvgIpc) is 2.88. The summed E-state index contributed by atoms with van der Waals surface area (Å²) in [6.45, 7) is 1.95. The van der Waals surface area contributed by atoms with Gasteiger partial charge < -0.3 is 0 Å². The first-order chi connectivity index (χ1) is 10.6. The van der Waals surface area contributed by atoms with Crippen LogP contribution in [0.15, 0.2) is 30.6 Å². The molecule has 0 atom stereocenters. The molecule has 2 aromatic heterocycles. The zero-order chi connectivity index (χ0) is 15.3. The van der Waals surface area contributed by atoms with Gasteiger partial charge in [0, 0.05) is 29.9 Å². The van der Waals surface area contributed by atoms with Crippen LogP contribution in [0.1, 0.15) is 17.2 Å². The first-order valence-corrected chi connectivity index (χ1v) is 7.73. The zero-order valence-corrected chi connectivity index (χ0v) is 13.4. The quantitative estimate of drug-likeness (QED) is 0.676. The van der Waals surface area contributed by atoms with Gasteiger partial charge in [0.05, 0.1) is 15.7 Å². The van der Waals surface area contributed by atoms with Crippen LogP contribution in [0.5, 0.6) is 0 Å². The molecule has 0 N–H and O–H groups in total. The highest BCUT2D eigenvalue weighted by atomic mass is 35.5. The molecule has 110 valence electrons. The highest BCUT2D eigenvalue weighted by molar-refractivity contribution is 6.34. The Labute approximate surface area is 137 Å². The molecule has 0 fully saturated rings. The summed E-state index contributed by atoms with van der Waals surface area (Å²) in [5, 5.41) is 9.65. The number of halogens is 2. The fourth-order valence-electron chi connectivity index (χ4n) is 2.92. The van der Waals surface area contributed by atoms with Crippen LogP contribution in [0, 0.1) is 6.92 Å². The van der Waals surface area contributed by atoms with Crippen LogP contribution >= 0.6 is 23.2 Å². The van der Waals surface area contributed by atoms with Gasteiger partial charge in [-0.3, -0.25) is 9.55 Å². The smallest absolute Gasteiger partial charge is 0.137 e. The molecule has 0 radical (unpaired) electrons. The van der Waals surface area contributed by atoms with Gasteiger partial charge in [0.25, 0.3) is 0 Å². The fraction of sp³-hybridized carbons (Fsp3) is 0.188. The van der Waals surface area contributed by atoms with Crippen molar-refractivity contribution in [1.82, 2.24) is 19.7 Å². The van der Waals surface area contributed by atoms with Gasteiger partial charge in [0.15, 0.2) is 0 Å². The molecule has 4 nitrogen and oxygen atoms in total. The maximum absolute atomic E-state index is 6.51. The summed E-state index contributed by atoms with van der Waals surface area (Å²) in [5.41, 5.74) is 4.17. The van der Waals surface area contributed by atoms with Gasteiger partial charge in [-0.15, -0.1) is 10.2 Å². The number of pyridine rings is 1. The second-order valence-corrected chi connectivity index (χ2v) is 6.20. The van der Waals surface area contributed by atoms with Crippen molar-refractivity contribution in [3.8, 4) is 16.8 Å². The third kappa shape index (κ3) is 2.11. The van der Waals surface area contributed by atoms with E-state index in [1.54, 1.807) is 12.4 Å². The molecule has 0 amide bonds. The van der Waals surface area contributed by atoms with Crippen LogP contribution in [0.2, 0.25) is 10.0 Å². The monoisotopic (exact) mass is 330 g/mol. The minimum absolute atomic E-state index is 0.600. The van der Waals surface area contributed by atoms with E-state index in [2.05, 4.69) is 25.8 Å². The van der Waals surface area contributed by atoms with Crippen molar-refractivity contribution in [2.24, 2.45) is 0 Å². The molecule has 1 aromatic carbocycles. The molecule has 22 heavy (non-hydrogen) atoms. The lowest BCUT2D eigenvalue weighted by molar-refractivity contribution is 0.767. The first-order valence-electron chi connectivity index (χ1n) is 6.98. The Hall–Kier alpha value is -1.91. The van der Waals surface area contributed by atoms with E-state index in [1.807, 2.05) is 19.1 Å². The Kier molecular flexibility index (Phi) is 3.17. The maximum atomic E-state index is 6.51. The number of hydrogen-bond acceptors (Lipinski definition) is 3. The van der Waals surface area contributed by atoms with Crippen LogP contribution in [0.4, 0.5) is 0 Å². The molecule has 0 unspecified atom stereocenters. The summed E-state index contributed by atoms with van der Waals surface area (Å²) in [6, 6.07) is 5.97. The third-order valence-electron chi connectivity index (χ3n) is 3.93. The molecule has 6 heteroatoms. The predicted molar refractivity (Wildman–Crippen MR) is 86.8 cm³/mol. The lowest BCUT2D eigenvalue weighted by Gasteiger charge is -2.20. The average molecular weight is 331 g/mol. The van der Waals surface area contributed by atoms with E-state index in [4.69, 9.17) is 23.2 Å². The van der Waals surface area contributed by atoms with E-state index in [-0.39, 0.29) is 0 Å². The molecule has 3 heterocycles. The van der Waals surface area contributed by atoms with Crippen LogP contribution in [0.25, 0.3) is 16.8 Å². The van der Waals surface area contributed by atoms with E-state index in [0.29, 0.717) is 10.0 Å². The Balaban J connectivity index is 1.91. The summed E-state index contributed by atoms with van der Waals surface area (Å²) in [4.78, 5) is 4.14. The molecular weight excluding hydrogens is 319 g/mol. The SMILES string of the molecule is Cc1nnc2n1-c1cc(Cl)c(-c3cncc(Cl)c3)cc1CC2. The van der Waals surface area contributed by atoms with E-state index in [9.17, 15) is 0 Å². The molecule has 0 saturated carbocycles. The molecule has 0 bridgehead atoms. The van der Waals surface area contributed by atoms with Gasteiger partial charge in [0.1, 0.15) is 11.6 Å². The van der Waals surface area contributed by atoms with E-state index >= 15 is 0 Å². The summed E-state index contributed by atoms with van der Waals surface area (Å²) in [5.74, 6) is 1.86. The predicted octanol–water partition coefficient (Wildman–Crippen LogP) is 4.04. The first kappa shape index (κ1) is 13.7.